The van der Waals surface area contributed by atoms with E-state index in [0.717, 1.165) is 38.8 Å². The highest BCUT2D eigenvalue weighted by Crippen LogP contribution is 2.32. The molecule has 1 aromatic heterocycles. The third kappa shape index (κ3) is 8.41. The van der Waals surface area contributed by atoms with Crippen molar-refractivity contribution in [3.63, 3.8) is 0 Å². The van der Waals surface area contributed by atoms with Gasteiger partial charge in [0.15, 0.2) is 0 Å². The first-order chi connectivity index (χ1) is 21.5. The Kier molecular flexibility index (Phi) is 11.6. The Morgan fingerprint density at radius 1 is 1.02 bits per heavy atom. The first kappa shape index (κ1) is 33.9. The smallest absolute Gasteiger partial charge is 0.291 e. The molecular formula is C31H46FN9O4. The third-order valence-electron chi connectivity index (χ3n) is 9.13. The maximum atomic E-state index is 15.6. The van der Waals surface area contributed by atoms with Gasteiger partial charge >= 0.3 is 0 Å². The standard InChI is InChI=1S/C31H46FN9O4/c1-6-25(42)34-26(31(45)40-16-14-39(5)15-17-40)20(4)22-12-13-24(23(32)18-22)33-29(43)27(21-10-8-19(3)9-11-21)35-30(44)28-36-37-38-41(28)7-2/h12-13,18-21,26-27H,6-11,14-17H2,1-5H3,(H,33,43)(H,34,42)(H,35,44)/t19?,20-,21?,26+,27-/m0/s1. The van der Waals surface area contributed by atoms with Crippen molar-refractivity contribution < 1.29 is 23.6 Å². The van der Waals surface area contributed by atoms with Crippen LogP contribution in [0, 0.1) is 17.7 Å². The lowest BCUT2D eigenvalue weighted by Crippen LogP contribution is -2.55. The molecule has 0 radical (unpaired) electrons. The Bertz CT molecular complexity index is 1350. The molecule has 1 saturated heterocycles. The van der Waals surface area contributed by atoms with Crippen LogP contribution in [0.4, 0.5) is 10.1 Å². The number of rotatable bonds is 11. The Morgan fingerprint density at radius 3 is 2.33 bits per heavy atom. The SMILES string of the molecule is CCC(=O)N[C@@H](C(=O)N1CCN(C)CC1)[C@@H](C)c1ccc(NC(=O)[C@@H](NC(=O)c2nnnn2CC)C2CCC(C)CC2)c(F)c1. The van der Waals surface area contributed by atoms with E-state index in [0.29, 0.717) is 31.1 Å². The van der Waals surface area contributed by atoms with E-state index in [1.165, 1.54) is 16.8 Å². The fourth-order valence-corrected chi connectivity index (χ4v) is 6.02. The van der Waals surface area contributed by atoms with Crippen LogP contribution in [0.2, 0.25) is 0 Å². The molecule has 4 amide bonds. The zero-order valence-electron chi connectivity index (χ0n) is 26.9. The molecule has 45 heavy (non-hydrogen) atoms. The minimum Gasteiger partial charge on any atom is -0.344 e. The van der Waals surface area contributed by atoms with Crippen molar-refractivity contribution in [2.45, 2.75) is 84.3 Å². The largest absolute Gasteiger partial charge is 0.344 e. The normalized spacial score (nSPS) is 21.0. The topological polar surface area (TPSA) is 154 Å². The fraction of sp³-hybridized carbons (Fsp3) is 0.645. The summed E-state index contributed by atoms with van der Waals surface area (Å²) in [6, 6.07) is 2.61. The summed E-state index contributed by atoms with van der Waals surface area (Å²) in [7, 11) is 1.99. The average molecular weight is 628 g/mol. The molecule has 0 spiro atoms. The second kappa shape index (κ2) is 15.4. The number of nitrogens with one attached hydrogen (secondary N) is 3. The highest BCUT2D eigenvalue weighted by Gasteiger charge is 2.35. The molecule has 2 aliphatic rings. The third-order valence-corrected chi connectivity index (χ3v) is 9.13. The predicted molar refractivity (Wildman–Crippen MR) is 166 cm³/mol. The summed E-state index contributed by atoms with van der Waals surface area (Å²) in [5.74, 6) is -2.41. The summed E-state index contributed by atoms with van der Waals surface area (Å²) in [5, 5.41) is 19.5. The molecule has 1 aliphatic carbocycles. The number of amides is 4. The molecule has 3 N–H and O–H groups in total. The minimum atomic E-state index is -0.917. The van der Waals surface area contributed by atoms with Crippen molar-refractivity contribution in [1.29, 1.82) is 0 Å². The number of benzene rings is 1. The maximum Gasteiger partial charge on any atom is 0.291 e. The Labute approximate surface area is 263 Å². The van der Waals surface area contributed by atoms with Gasteiger partial charge in [0.1, 0.15) is 17.9 Å². The molecule has 0 unspecified atom stereocenters. The first-order valence-electron chi connectivity index (χ1n) is 16.0. The summed E-state index contributed by atoms with van der Waals surface area (Å²) in [6.45, 7) is 10.4. The van der Waals surface area contributed by atoms with E-state index in [-0.39, 0.29) is 35.7 Å². The van der Waals surface area contributed by atoms with Gasteiger partial charge in [-0.2, -0.15) is 0 Å². The quantitative estimate of drug-likeness (QED) is 0.343. The van der Waals surface area contributed by atoms with Crippen LogP contribution in [0.15, 0.2) is 18.2 Å². The van der Waals surface area contributed by atoms with Crippen molar-refractivity contribution in [3.05, 3.63) is 35.4 Å². The summed E-state index contributed by atoms with van der Waals surface area (Å²) < 4.78 is 16.9. The molecule has 4 rings (SSSR count). The summed E-state index contributed by atoms with van der Waals surface area (Å²) in [4.78, 5) is 56.5. The lowest BCUT2D eigenvalue weighted by molar-refractivity contribution is -0.138. The lowest BCUT2D eigenvalue weighted by atomic mass is 9.79. The number of carbonyl (C=O) groups is 4. The first-order valence-corrected chi connectivity index (χ1v) is 16.0. The second-order valence-electron chi connectivity index (χ2n) is 12.3. The Hall–Kier alpha value is -3.94. The van der Waals surface area contributed by atoms with E-state index in [1.807, 2.05) is 7.05 Å². The number of hydrogen-bond acceptors (Lipinski definition) is 8. The molecule has 3 atom stereocenters. The lowest BCUT2D eigenvalue weighted by Gasteiger charge is -2.36. The number of likely N-dealkylation sites (N-methyl/N-ethyl adjacent to an activating group) is 1. The molecule has 2 heterocycles. The van der Waals surface area contributed by atoms with Crippen LogP contribution in [0.1, 0.15) is 81.9 Å². The highest BCUT2D eigenvalue weighted by molar-refractivity contribution is 6.00. The number of aromatic nitrogens is 4. The molecule has 14 heteroatoms. The van der Waals surface area contributed by atoms with Gasteiger partial charge in [-0.1, -0.05) is 39.7 Å². The number of anilines is 1. The molecule has 13 nitrogen and oxygen atoms in total. The van der Waals surface area contributed by atoms with Gasteiger partial charge in [-0.25, -0.2) is 9.07 Å². The molecule has 0 bridgehead atoms. The number of hydrogen-bond donors (Lipinski definition) is 3. The number of piperazine rings is 1. The molecule has 2 fully saturated rings. The van der Waals surface area contributed by atoms with Crippen LogP contribution in [0.5, 0.6) is 0 Å². The van der Waals surface area contributed by atoms with Gasteiger partial charge in [0.2, 0.25) is 23.5 Å². The zero-order valence-corrected chi connectivity index (χ0v) is 26.9. The molecule has 246 valence electrons. The van der Waals surface area contributed by atoms with Gasteiger partial charge in [-0.15, -0.1) is 5.10 Å². The van der Waals surface area contributed by atoms with Gasteiger partial charge < -0.3 is 25.8 Å². The van der Waals surface area contributed by atoms with Crippen LogP contribution in [-0.2, 0) is 20.9 Å². The Morgan fingerprint density at radius 2 is 1.71 bits per heavy atom. The molecular weight excluding hydrogens is 581 g/mol. The molecule has 1 aliphatic heterocycles. The predicted octanol–water partition coefficient (Wildman–Crippen LogP) is 2.17. The van der Waals surface area contributed by atoms with Crippen molar-refractivity contribution in [1.82, 2.24) is 40.6 Å². The number of carbonyl (C=O) groups excluding carboxylic acids is 4. The van der Waals surface area contributed by atoms with Gasteiger partial charge in [0.05, 0.1) is 5.69 Å². The summed E-state index contributed by atoms with van der Waals surface area (Å²) in [5.41, 5.74) is 0.462. The fourth-order valence-electron chi connectivity index (χ4n) is 6.02. The van der Waals surface area contributed by atoms with E-state index in [1.54, 1.807) is 31.7 Å². The van der Waals surface area contributed by atoms with Crippen LogP contribution in [-0.4, -0.2) is 98.9 Å². The van der Waals surface area contributed by atoms with Crippen LogP contribution >= 0.6 is 0 Å². The van der Waals surface area contributed by atoms with E-state index in [4.69, 9.17) is 0 Å². The monoisotopic (exact) mass is 627 g/mol. The van der Waals surface area contributed by atoms with Crippen LogP contribution in [0.25, 0.3) is 0 Å². The second-order valence-corrected chi connectivity index (χ2v) is 12.3. The zero-order chi connectivity index (χ0) is 32.7. The Balaban J connectivity index is 1.52. The van der Waals surface area contributed by atoms with Crippen LogP contribution < -0.4 is 16.0 Å². The maximum absolute atomic E-state index is 15.6. The molecule has 1 saturated carbocycles. The highest BCUT2D eigenvalue weighted by atomic mass is 19.1. The van der Waals surface area contributed by atoms with E-state index < -0.39 is 35.6 Å². The van der Waals surface area contributed by atoms with Crippen LogP contribution in [0.3, 0.4) is 0 Å². The van der Waals surface area contributed by atoms with E-state index in [2.05, 4.69) is 43.3 Å². The molecule has 2 aromatic rings. The summed E-state index contributed by atoms with van der Waals surface area (Å²) >= 11 is 0. The van der Waals surface area contributed by atoms with E-state index >= 15 is 4.39 Å². The number of aryl methyl sites for hydroxylation is 1. The summed E-state index contributed by atoms with van der Waals surface area (Å²) in [6.07, 6.45) is 3.53. The van der Waals surface area contributed by atoms with Gasteiger partial charge in [-0.3, -0.25) is 19.2 Å². The number of halogens is 1. The van der Waals surface area contributed by atoms with Gasteiger partial charge in [0, 0.05) is 45.1 Å². The van der Waals surface area contributed by atoms with Crippen molar-refractivity contribution >= 4 is 29.3 Å². The number of nitrogens with zero attached hydrogens (tertiary/aromatic N) is 6. The molecule has 1 aromatic carbocycles. The average Bonchev–Trinajstić information content (AvgIpc) is 3.53. The van der Waals surface area contributed by atoms with Crippen molar-refractivity contribution in [2.75, 3.05) is 38.5 Å². The van der Waals surface area contributed by atoms with E-state index in [9.17, 15) is 19.2 Å². The van der Waals surface area contributed by atoms with Gasteiger partial charge in [-0.05, 0) is 66.8 Å². The number of tetrazole rings is 1. The van der Waals surface area contributed by atoms with Crippen molar-refractivity contribution in [3.8, 4) is 0 Å². The van der Waals surface area contributed by atoms with Gasteiger partial charge in [0.25, 0.3) is 5.91 Å². The minimum absolute atomic E-state index is 0.000150. The van der Waals surface area contributed by atoms with Crippen molar-refractivity contribution in [2.24, 2.45) is 11.8 Å².